The van der Waals surface area contributed by atoms with Gasteiger partial charge in [0.05, 0.1) is 5.71 Å². The Kier molecular flexibility index (Phi) is 4.76. The third-order valence-corrected chi connectivity index (χ3v) is 2.76. The van der Waals surface area contributed by atoms with E-state index in [0.29, 0.717) is 12.2 Å². The molecule has 1 heterocycles. The van der Waals surface area contributed by atoms with Gasteiger partial charge in [-0.3, -0.25) is 4.79 Å². The van der Waals surface area contributed by atoms with Crippen molar-refractivity contribution >= 4 is 17.7 Å². The Morgan fingerprint density at radius 1 is 1.38 bits per heavy atom. The van der Waals surface area contributed by atoms with E-state index in [2.05, 4.69) is 5.16 Å². The number of rotatable bonds is 6. The minimum atomic E-state index is -1.03. The summed E-state index contributed by atoms with van der Waals surface area (Å²) < 4.78 is 9.91. The summed E-state index contributed by atoms with van der Waals surface area (Å²) in [5, 5.41) is 12.5. The summed E-state index contributed by atoms with van der Waals surface area (Å²) in [4.78, 5) is 26.3. The first-order valence-electron chi connectivity index (χ1n) is 6.35. The fourth-order valence-corrected chi connectivity index (χ4v) is 1.79. The summed E-state index contributed by atoms with van der Waals surface area (Å²) in [6.45, 7) is 1.13. The smallest absolute Gasteiger partial charge is 0.341 e. The molecule has 112 valence electrons. The van der Waals surface area contributed by atoms with Gasteiger partial charge in [-0.1, -0.05) is 5.16 Å². The Morgan fingerprint density at radius 3 is 2.71 bits per heavy atom. The Morgan fingerprint density at radius 2 is 2.10 bits per heavy atom. The molecule has 0 bridgehead atoms. The molecule has 21 heavy (non-hydrogen) atoms. The van der Waals surface area contributed by atoms with E-state index >= 15 is 0 Å². The minimum Gasteiger partial charge on any atom is -0.482 e. The van der Waals surface area contributed by atoms with Gasteiger partial charge in [0.25, 0.3) is 0 Å². The number of hydrogen-bond acceptors (Lipinski definition) is 6. The van der Waals surface area contributed by atoms with Crippen LogP contribution in [0.15, 0.2) is 29.4 Å². The van der Waals surface area contributed by atoms with Crippen molar-refractivity contribution in [1.82, 2.24) is 0 Å². The van der Waals surface area contributed by atoms with Gasteiger partial charge in [-0.2, -0.15) is 0 Å². The number of nitrogens with zero attached hydrogens (tertiary/aromatic N) is 1. The summed E-state index contributed by atoms with van der Waals surface area (Å²) >= 11 is 0. The summed E-state index contributed by atoms with van der Waals surface area (Å²) in [6, 6.07) is 6.88. The van der Waals surface area contributed by atoms with Gasteiger partial charge in [0.2, 0.25) is 0 Å². The van der Waals surface area contributed by atoms with Gasteiger partial charge < -0.3 is 19.4 Å². The Labute approximate surface area is 121 Å². The average molecular weight is 293 g/mol. The van der Waals surface area contributed by atoms with Crippen molar-refractivity contribution in [3.63, 3.8) is 0 Å². The number of carbonyl (C=O) groups is 2. The minimum absolute atomic E-state index is 0.169. The number of ether oxygens (including phenoxy) is 2. The normalized spacial score (nSPS) is 16.8. The average Bonchev–Trinajstić information content (AvgIpc) is 2.92. The van der Waals surface area contributed by atoms with Gasteiger partial charge in [-0.05, 0) is 29.8 Å². The second-order valence-corrected chi connectivity index (χ2v) is 4.48. The Bertz CT molecular complexity index is 551. The molecule has 1 N–H and O–H groups in total. The number of carboxylic acid groups (broad SMARTS) is 1. The lowest BCUT2D eigenvalue weighted by molar-refractivity contribution is -0.144. The third kappa shape index (κ3) is 4.48. The molecule has 0 aromatic heterocycles. The quantitative estimate of drug-likeness (QED) is 0.792. The highest BCUT2D eigenvalue weighted by Gasteiger charge is 2.23. The molecule has 0 saturated heterocycles. The second-order valence-electron chi connectivity index (χ2n) is 4.48. The fraction of sp³-hybridized carbons (Fsp3) is 0.357. The largest absolute Gasteiger partial charge is 0.482 e. The Hall–Kier alpha value is -2.57. The molecule has 1 aliphatic rings. The van der Waals surface area contributed by atoms with E-state index < -0.39 is 5.97 Å². The molecule has 0 saturated carbocycles. The summed E-state index contributed by atoms with van der Waals surface area (Å²) in [5.41, 5.74) is 1.60. The van der Waals surface area contributed by atoms with Crippen LogP contribution in [0.4, 0.5) is 0 Å². The molecule has 2 rings (SSSR count). The van der Waals surface area contributed by atoms with Gasteiger partial charge >= 0.3 is 11.9 Å². The molecule has 1 aromatic rings. The highest BCUT2D eigenvalue weighted by Crippen LogP contribution is 2.19. The van der Waals surface area contributed by atoms with E-state index in [0.717, 1.165) is 11.3 Å². The molecule has 0 spiro atoms. The zero-order chi connectivity index (χ0) is 15.2. The van der Waals surface area contributed by atoms with Crippen LogP contribution in [0.5, 0.6) is 5.75 Å². The number of carbonyl (C=O) groups excluding carboxylic acids is 1. The van der Waals surface area contributed by atoms with E-state index in [1.807, 2.05) is 0 Å². The fourth-order valence-electron chi connectivity index (χ4n) is 1.79. The first-order valence-corrected chi connectivity index (χ1v) is 6.35. The summed E-state index contributed by atoms with van der Waals surface area (Å²) in [7, 11) is 0. The van der Waals surface area contributed by atoms with E-state index in [-0.39, 0.29) is 25.3 Å². The highest BCUT2D eigenvalue weighted by atomic mass is 16.7. The molecule has 1 aromatic carbocycles. The van der Waals surface area contributed by atoms with Crippen LogP contribution in [0.25, 0.3) is 0 Å². The van der Waals surface area contributed by atoms with Crippen molar-refractivity contribution in [2.24, 2.45) is 5.16 Å². The van der Waals surface area contributed by atoms with E-state index in [1.54, 1.807) is 24.3 Å². The van der Waals surface area contributed by atoms with Crippen LogP contribution < -0.4 is 4.74 Å². The monoisotopic (exact) mass is 293 g/mol. The zero-order valence-corrected chi connectivity index (χ0v) is 11.4. The van der Waals surface area contributed by atoms with Gasteiger partial charge in [0.15, 0.2) is 12.7 Å². The SMILES string of the molecule is CC(=O)OCC1CC(c2ccc(OCC(=O)O)cc2)=NO1. The molecule has 7 heteroatoms. The van der Waals surface area contributed by atoms with Gasteiger partial charge in [0, 0.05) is 13.3 Å². The van der Waals surface area contributed by atoms with Crippen LogP contribution >= 0.6 is 0 Å². The van der Waals surface area contributed by atoms with Gasteiger partial charge in [-0.15, -0.1) is 0 Å². The second kappa shape index (κ2) is 6.74. The molecule has 7 nitrogen and oxygen atoms in total. The van der Waals surface area contributed by atoms with Crippen LogP contribution in [0.1, 0.15) is 18.9 Å². The molecular weight excluding hydrogens is 278 g/mol. The lowest BCUT2D eigenvalue weighted by atomic mass is 10.1. The summed E-state index contributed by atoms with van der Waals surface area (Å²) in [5.74, 6) is -0.912. The molecule has 1 aliphatic heterocycles. The molecule has 0 aliphatic carbocycles. The van der Waals surface area contributed by atoms with E-state index in [1.165, 1.54) is 6.92 Å². The molecule has 0 radical (unpaired) electrons. The van der Waals surface area contributed by atoms with Gasteiger partial charge in [0.1, 0.15) is 12.4 Å². The summed E-state index contributed by atoms with van der Waals surface area (Å²) in [6.07, 6.45) is 0.273. The first kappa shape index (κ1) is 14.8. The lowest BCUT2D eigenvalue weighted by Crippen LogP contribution is -2.18. The highest BCUT2D eigenvalue weighted by molar-refractivity contribution is 6.01. The maximum atomic E-state index is 10.7. The number of oxime groups is 1. The van der Waals surface area contributed by atoms with Crippen molar-refractivity contribution in [3.05, 3.63) is 29.8 Å². The molecule has 0 amide bonds. The number of esters is 1. The van der Waals surface area contributed by atoms with Crippen LogP contribution in [-0.4, -0.2) is 42.1 Å². The van der Waals surface area contributed by atoms with Gasteiger partial charge in [-0.25, -0.2) is 4.79 Å². The maximum absolute atomic E-state index is 10.7. The number of carboxylic acids is 1. The number of hydrogen-bond donors (Lipinski definition) is 1. The van der Waals surface area contributed by atoms with Crippen molar-refractivity contribution in [3.8, 4) is 5.75 Å². The molecule has 1 unspecified atom stereocenters. The third-order valence-electron chi connectivity index (χ3n) is 2.76. The molecule has 0 fully saturated rings. The lowest BCUT2D eigenvalue weighted by Gasteiger charge is -2.07. The van der Waals surface area contributed by atoms with Crippen LogP contribution in [0, 0.1) is 0 Å². The molecule has 1 atom stereocenters. The van der Waals surface area contributed by atoms with Crippen LogP contribution in [-0.2, 0) is 19.2 Å². The standard InChI is InChI=1S/C14H15NO6/c1-9(16)19-7-12-6-13(15-21-12)10-2-4-11(5-3-10)20-8-14(17)18/h2-5,12H,6-8H2,1H3,(H,17,18). The topological polar surface area (TPSA) is 94.4 Å². The predicted octanol–water partition coefficient (Wildman–Crippen LogP) is 1.21. The predicted molar refractivity (Wildman–Crippen MR) is 72.2 cm³/mol. The maximum Gasteiger partial charge on any atom is 0.341 e. The number of aliphatic carboxylic acids is 1. The van der Waals surface area contributed by atoms with Crippen molar-refractivity contribution in [1.29, 1.82) is 0 Å². The van der Waals surface area contributed by atoms with E-state index in [4.69, 9.17) is 19.4 Å². The Balaban J connectivity index is 1.88. The molecular formula is C14H15NO6. The number of benzene rings is 1. The first-order chi connectivity index (χ1) is 10.0. The van der Waals surface area contributed by atoms with Crippen LogP contribution in [0.2, 0.25) is 0 Å². The van der Waals surface area contributed by atoms with Crippen molar-refractivity contribution < 1.29 is 29.0 Å². The zero-order valence-electron chi connectivity index (χ0n) is 11.4. The van der Waals surface area contributed by atoms with Crippen molar-refractivity contribution in [2.45, 2.75) is 19.4 Å². The van der Waals surface area contributed by atoms with Crippen molar-refractivity contribution in [2.75, 3.05) is 13.2 Å². The van der Waals surface area contributed by atoms with E-state index in [9.17, 15) is 9.59 Å². The van der Waals surface area contributed by atoms with Crippen LogP contribution in [0.3, 0.4) is 0 Å².